The second-order valence-corrected chi connectivity index (χ2v) is 6.42. The second-order valence-electron chi connectivity index (χ2n) is 5.56. The third-order valence-electron chi connectivity index (χ3n) is 3.92. The molecule has 1 fully saturated rings. The highest BCUT2D eigenvalue weighted by Gasteiger charge is 2.40. The van der Waals surface area contributed by atoms with Crippen molar-refractivity contribution in [2.45, 2.75) is 31.8 Å². The summed E-state index contributed by atoms with van der Waals surface area (Å²) in [4.78, 5) is 8.92. The smallest absolute Gasteiger partial charge is 0.142 e. The Morgan fingerprint density at radius 2 is 2.30 bits per heavy atom. The predicted octanol–water partition coefficient (Wildman–Crippen LogP) is 2.46. The van der Waals surface area contributed by atoms with Crippen LogP contribution in [0.15, 0.2) is 29.8 Å². The van der Waals surface area contributed by atoms with Crippen molar-refractivity contribution in [2.75, 3.05) is 6.61 Å². The van der Waals surface area contributed by atoms with Crippen LogP contribution >= 0.6 is 11.3 Å². The quantitative estimate of drug-likeness (QED) is 0.857. The maximum Gasteiger partial charge on any atom is 0.142 e. The average molecular weight is 289 g/mol. The summed E-state index contributed by atoms with van der Waals surface area (Å²) in [5, 5.41) is 16.0. The van der Waals surface area contributed by atoms with E-state index in [4.69, 9.17) is 0 Å². The number of aliphatic hydroxyl groups excluding tert-OH is 1. The third kappa shape index (κ3) is 2.90. The fourth-order valence-corrected chi connectivity index (χ4v) is 3.13. The molecule has 0 radical (unpaired) electrons. The van der Waals surface area contributed by atoms with Gasteiger partial charge in [0, 0.05) is 23.7 Å². The van der Waals surface area contributed by atoms with Crippen LogP contribution in [0.5, 0.6) is 0 Å². The van der Waals surface area contributed by atoms with E-state index >= 15 is 0 Å². The lowest BCUT2D eigenvalue weighted by atomic mass is 9.97. The Kier molecular flexibility index (Phi) is 3.83. The topological polar surface area (TPSA) is 58.0 Å². The number of pyridine rings is 1. The zero-order valence-electron chi connectivity index (χ0n) is 11.5. The monoisotopic (exact) mass is 289 g/mol. The van der Waals surface area contributed by atoms with Crippen molar-refractivity contribution in [1.29, 1.82) is 0 Å². The fraction of sp³-hybridized carbons (Fsp3) is 0.467. The second kappa shape index (κ2) is 5.60. The lowest BCUT2D eigenvalue weighted by molar-refractivity contribution is 0.153. The highest BCUT2D eigenvalue weighted by molar-refractivity contribution is 7.13. The van der Waals surface area contributed by atoms with Gasteiger partial charge >= 0.3 is 0 Å². The third-order valence-corrected chi connectivity index (χ3v) is 4.83. The Bertz CT molecular complexity index is 568. The molecular weight excluding hydrogens is 270 g/mol. The van der Waals surface area contributed by atoms with E-state index in [2.05, 4.69) is 27.6 Å². The predicted molar refractivity (Wildman–Crippen MR) is 80.4 cm³/mol. The summed E-state index contributed by atoms with van der Waals surface area (Å²) in [6.07, 6.45) is 4.20. The maximum atomic E-state index is 9.57. The molecule has 5 heteroatoms. The highest BCUT2D eigenvalue weighted by atomic mass is 32.1. The number of aromatic nitrogens is 2. The molecule has 2 N–H and O–H groups in total. The molecule has 2 aromatic heterocycles. The number of hydrogen-bond acceptors (Lipinski definition) is 5. The lowest BCUT2D eigenvalue weighted by Crippen LogP contribution is -2.47. The standard InChI is InChI=1S/C15H19N3OS/c1-15(10-19,11-5-6-11)17-8-12-9-20-14(18-12)13-4-2-3-7-16-13/h2-4,7,9,11,17,19H,5-6,8,10H2,1H3. The fourth-order valence-electron chi connectivity index (χ4n) is 2.34. The van der Waals surface area contributed by atoms with E-state index in [0.29, 0.717) is 12.5 Å². The van der Waals surface area contributed by atoms with Gasteiger partial charge in [0.25, 0.3) is 0 Å². The number of hydrogen-bond donors (Lipinski definition) is 2. The molecule has 0 aromatic carbocycles. The van der Waals surface area contributed by atoms with Crippen molar-refractivity contribution in [3.63, 3.8) is 0 Å². The summed E-state index contributed by atoms with van der Waals surface area (Å²) in [5.41, 5.74) is 1.75. The van der Waals surface area contributed by atoms with Gasteiger partial charge in [0.1, 0.15) is 5.01 Å². The maximum absolute atomic E-state index is 9.57. The Morgan fingerprint density at radius 3 is 2.95 bits per heavy atom. The highest BCUT2D eigenvalue weighted by Crippen LogP contribution is 2.39. The molecule has 0 amide bonds. The van der Waals surface area contributed by atoms with Gasteiger partial charge < -0.3 is 10.4 Å². The van der Waals surface area contributed by atoms with E-state index in [1.807, 2.05) is 18.2 Å². The largest absolute Gasteiger partial charge is 0.394 e. The average Bonchev–Trinajstić information content (AvgIpc) is 3.25. The van der Waals surface area contributed by atoms with Crippen LogP contribution in [0.25, 0.3) is 10.7 Å². The van der Waals surface area contributed by atoms with Gasteiger partial charge in [0.2, 0.25) is 0 Å². The summed E-state index contributed by atoms with van der Waals surface area (Å²) in [6.45, 7) is 2.96. The van der Waals surface area contributed by atoms with Gasteiger partial charge in [-0.1, -0.05) is 6.07 Å². The van der Waals surface area contributed by atoms with Crippen molar-refractivity contribution in [3.8, 4) is 10.7 Å². The molecule has 1 saturated carbocycles. The Morgan fingerprint density at radius 1 is 1.45 bits per heavy atom. The van der Waals surface area contributed by atoms with Crippen LogP contribution in [-0.2, 0) is 6.54 Å². The first kappa shape index (κ1) is 13.7. The first-order valence-corrected chi connectivity index (χ1v) is 7.81. The molecule has 1 unspecified atom stereocenters. The number of nitrogens with one attached hydrogen (secondary N) is 1. The van der Waals surface area contributed by atoms with Crippen LogP contribution in [-0.4, -0.2) is 27.2 Å². The summed E-state index contributed by atoms with van der Waals surface area (Å²) in [6, 6.07) is 5.84. The molecule has 3 rings (SSSR count). The van der Waals surface area contributed by atoms with Gasteiger partial charge in [0.05, 0.1) is 18.0 Å². The van der Waals surface area contributed by atoms with E-state index in [9.17, 15) is 5.11 Å². The first-order chi connectivity index (χ1) is 9.71. The molecule has 2 aromatic rings. The van der Waals surface area contributed by atoms with E-state index in [1.165, 1.54) is 12.8 Å². The summed E-state index contributed by atoms with van der Waals surface area (Å²) in [7, 11) is 0. The molecule has 1 aliphatic carbocycles. The first-order valence-electron chi connectivity index (χ1n) is 6.93. The zero-order chi connectivity index (χ0) is 14.0. The SMILES string of the molecule is CC(CO)(NCc1csc(-c2ccccn2)n1)C1CC1. The van der Waals surface area contributed by atoms with E-state index in [1.54, 1.807) is 17.5 Å². The minimum absolute atomic E-state index is 0.172. The normalized spacial score (nSPS) is 17.9. The van der Waals surface area contributed by atoms with Gasteiger partial charge in [-0.05, 0) is 37.8 Å². The zero-order valence-corrected chi connectivity index (χ0v) is 12.4. The minimum atomic E-state index is -0.172. The molecule has 0 bridgehead atoms. The summed E-state index contributed by atoms with van der Waals surface area (Å²) < 4.78 is 0. The number of thiazole rings is 1. The van der Waals surface area contributed by atoms with Gasteiger partial charge in [0.15, 0.2) is 0 Å². The van der Waals surface area contributed by atoms with Crippen molar-refractivity contribution in [1.82, 2.24) is 15.3 Å². The van der Waals surface area contributed by atoms with Crippen LogP contribution in [0.2, 0.25) is 0 Å². The summed E-state index contributed by atoms with van der Waals surface area (Å²) >= 11 is 1.61. The molecule has 20 heavy (non-hydrogen) atoms. The van der Waals surface area contributed by atoms with E-state index in [-0.39, 0.29) is 12.1 Å². The van der Waals surface area contributed by atoms with Crippen LogP contribution < -0.4 is 5.32 Å². The molecule has 0 saturated heterocycles. The van der Waals surface area contributed by atoms with Gasteiger partial charge in [-0.25, -0.2) is 4.98 Å². The minimum Gasteiger partial charge on any atom is -0.394 e. The molecule has 1 aliphatic rings. The van der Waals surface area contributed by atoms with Gasteiger partial charge in [-0.3, -0.25) is 4.98 Å². The van der Waals surface area contributed by atoms with E-state index in [0.717, 1.165) is 16.4 Å². The Labute approximate surface area is 122 Å². The molecule has 2 heterocycles. The lowest BCUT2D eigenvalue weighted by Gasteiger charge is -2.28. The van der Waals surface area contributed by atoms with Crippen LogP contribution in [0.3, 0.4) is 0 Å². The molecular formula is C15H19N3OS. The van der Waals surface area contributed by atoms with Crippen molar-refractivity contribution in [3.05, 3.63) is 35.5 Å². The van der Waals surface area contributed by atoms with Crippen molar-refractivity contribution in [2.24, 2.45) is 5.92 Å². The molecule has 0 aliphatic heterocycles. The van der Waals surface area contributed by atoms with Crippen molar-refractivity contribution < 1.29 is 5.11 Å². The van der Waals surface area contributed by atoms with Crippen LogP contribution in [0, 0.1) is 5.92 Å². The molecule has 0 spiro atoms. The van der Waals surface area contributed by atoms with Crippen LogP contribution in [0.4, 0.5) is 0 Å². The number of aliphatic hydroxyl groups is 1. The molecule has 4 nitrogen and oxygen atoms in total. The number of rotatable bonds is 6. The number of nitrogens with zero attached hydrogens (tertiary/aromatic N) is 2. The van der Waals surface area contributed by atoms with Gasteiger partial charge in [-0.15, -0.1) is 11.3 Å². The molecule has 1 atom stereocenters. The van der Waals surface area contributed by atoms with E-state index < -0.39 is 0 Å². The summed E-state index contributed by atoms with van der Waals surface area (Å²) in [5.74, 6) is 0.599. The van der Waals surface area contributed by atoms with Gasteiger partial charge in [-0.2, -0.15) is 0 Å². The molecule has 106 valence electrons. The van der Waals surface area contributed by atoms with Crippen molar-refractivity contribution >= 4 is 11.3 Å². The Balaban J connectivity index is 1.66. The Hall–Kier alpha value is -1.30. The van der Waals surface area contributed by atoms with Crippen LogP contribution in [0.1, 0.15) is 25.5 Å².